The summed E-state index contributed by atoms with van der Waals surface area (Å²) < 4.78 is 10.8. The summed E-state index contributed by atoms with van der Waals surface area (Å²) in [6.45, 7) is 0. The fourth-order valence-electron chi connectivity index (χ4n) is 0.918. The second-order valence-electron chi connectivity index (χ2n) is 2.46. The van der Waals surface area contributed by atoms with E-state index in [9.17, 15) is 4.21 Å². The molecular formula is C8H11NOS. The van der Waals surface area contributed by atoms with Crippen LogP contribution in [0.2, 0.25) is 0 Å². The highest BCUT2D eigenvalue weighted by molar-refractivity contribution is 7.83. The van der Waals surface area contributed by atoms with Crippen molar-refractivity contribution in [3.63, 3.8) is 0 Å². The average molecular weight is 169 g/mol. The Balaban J connectivity index is 2.79. The number of hydrogen-bond donors (Lipinski definition) is 1. The first kappa shape index (κ1) is 8.27. The summed E-state index contributed by atoms with van der Waals surface area (Å²) in [6, 6.07) is 7.47. The van der Waals surface area contributed by atoms with Gasteiger partial charge in [0, 0.05) is 28.5 Å². The molecule has 0 aliphatic rings. The van der Waals surface area contributed by atoms with E-state index < -0.39 is 10.8 Å². The second kappa shape index (κ2) is 3.53. The molecule has 1 rings (SSSR count). The van der Waals surface area contributed by atoms with Gasteiger partial charge in [-0.15, -0.1) is 0 Å². The van der Waals surface area contributed by atoms with Crippen LogP contribution in [0.3, 0.4) is 0 Å². The molecule has 0 bridgehead atoms. The number of nitrogens with two attached hydrogens (primary N) is 1. The fraction of sp³-hybridized carbons (Fsp3) is 0.250. The molecule has 0 aromatic heterocycles. The lowest BCUT2D eigenvalue weighted by Gasteiger charge is -1.98. The molecule has 1 aromatic rings. The third-order valence-corrected chi connectivity index (χ3v) is 2.06. The Morgan fingerprint density at radius 1 is 1.55 bits per heavy atom. The normalized spacial score (nSPS) is 12.8. The summed E-state index contributed by atoms with van der Waals surface area (Å²) >= 11 is 0. The molecule has 0 saturated heterocycles. The fourth-order valence-corrected chi connectivity index (χ4v) is 1.57. The van der Waals surface area contributed by atoms with Gasteiger partial charge in [-0.25, -0.2) is 0 Å². The molecular weight excluding hydrogens is 158 g/mol. The Labute approximate surface area is 68.9 Å². The van der Waals surface area contributed by atoms with Crippen LogP contribution >= 0.6 is 0 Å². The van der Waals surface area contributed by atoms with E-state index in [0.29, 0.717) is 5.75 Å². The van der Waals surface area contributed by atoms with Gasteiger partial charge in [-0.2, -0.15) is 0 Å². The van der Waals surface area contributed by atoms with Gasteiger partial charge in [0.2, 0.25) is 0 Å². The van der Waals surface area contributed by atoms with E-state index in [-0.39, 0.29) is 0 Å². The lowest BCUT2D eigenvalue weighted by atomic mass is 10.2. The molecule has 0 radical (unpaired) electrons. The first-order chi connectivity index (χ1) is 5.18. The lowest BCUT2D eigenvalue weighted by Crippen LogP contribution is -1.93. The molecule has 1 aromatic carbocycles. The van der Waals surface area contributed by atoms with Crippen molar-refractivity contribution >= 4 is 16.5 Å². The van der Waals surface area contributed by atoms with Crippen LogP contribution in [0.25, 0.3) is 0 Å². The maximum Gasteiger partial charge on any atom is 0.0483 e. The molecule has 0 unspecified atom stereocenters. The zero-order valence-electron chi connectivity index (χ0n) is 6.41. The SMILES string of the molecule is C[S@@](=O)Cc1cccc(N)c1. The summed E-state index contributed by atoms with van der Waals surface area (Å²) in [5.74, 6) is 0.588. The molecule has 2 N–H and O–H groups in total. The predicted octanol–water partition coefficient (Wildman–Crippen LogP) is 1.15. The minimum Gasteiger partial charge on any atom is -0.399 e. The minimum atomic E-state index is -0.780. The molecule has 3 heteroatoms. The van der Waals surface area contributed by atoms with Crippen LogP contribution in [-0.4, -0.2) is 10.5 Å². The standard InChI is InChI=1S/C8H11NOS/c1-11(10)6-7-3-2-4-8(9)5-7/h2-5H,6,9H2,1H3/t11-/m1/s1. The van der Waals surface area contributed by atoms with Crippen molar-refractivity contribution in [1.82, 2.24) is 0 Å². The molecule has 0 fully saturated rings. The second-order valence-corrected chi connectivity index (χ2v) is 3.90. The molecule has 0 heterocycles. The van der Waals surface area contributed by atoms with E-state index in [1.165, 1.54) is 0 Å². The van der Waals surface area contributed by atoms with Gasteiger partial charge in [-0.3, -0.25) is 4.21 Å². The van der Waals surface area contributed by atoms with Gasteiger partial charge >= 0.3 is 0 Å². The topological polar surface area (TPSA) is 43.1 Å². The van der Waals surface area contributed by atoms with Crippen LogP contribution in [-0.2, 0) is 16.6 Å². The molecule has 1 atom stereocenters. The van der Waals surface area contributed by atoms with Crippen LogP contribution in [0.1, 0.15) is 5.56 Å². The number of anilines is 1. The van der Waals surface area contributed by atoms with E-state index in [2.05, 4.69) is 0 Å². The maximum absolute atomic E-state index is 10.8. The van der Waals surface area contributed by atoms with Crippen molar-refractivity contribution in [2.75, 3.05) is 12.0 Å². The van der Waals surface area contributed by atoms with E-state index in [4.69, 9.17) is 5.73 Å². The van der Waals surface area contributed by atoms with E-state index in [0.717, 1.165) is 11.3 Å². The van der Waals surface area contributed by atoms with Crippen molar-refractivity contribution in [2.24, 2.45) is 0 Å². The summed E-state index contributed by atoms with van der Waals surface area (Å²) in [7, 11) is -0.780. The molecule has 2 nitrogen and oxygen atoms in total. The van der Waals surface area contributed by atoms with Crippen molar-refractivity contribution in [3.8, 4) is 0 Å². The Morgan fingerprint density at radius 3 is 2.82 bits per heavy atom. The molecule has 0 saturated carbocycles. The zero-order chi connectivity index (χ0) is 8.27. The Morgan fingerprint density at radius 2 is 2.27 bits per heavy atom. The Kier molecular flexibility index (Phi) is 2.65. The van der Waals surface area contributed by atoms with E-state index in [1.807, 2.05) is 24.3 Å². The van der Waals surface area contributed by atoms with Gasteiger partial charge in [0.25, 0.3) is 0 Å². The molecule has 0 amide bonds. The highest BCUT2D eigenvalue weighted by Gasteiger charge is 1.94. The zero-order valence-corrected chi connectivity index (χ0v) is 7.23. The third kappa shape index (κ3) is 2.72. The van der Waals surface area contributed by atoms with Crippen molar-refractivity contribution < 1.29 is 4.21 Å². The van der Waals surface area contributed by atoms with Crippen LogP contribution < -0.4 is 5.73 Å². The predicted molar refractivity (Wildman–Crippen MR) is 48.6 cm³/mol. The van der Waals surface area contributed by atoms with Crippen molar-refractivity contribution in [1.29, 1.82) is 0 Å². The minimum absolute atomic E-state index is 0.588. The lowest BCUT2D eigenvalue weighted by molar-refractivity contribution is 0.686. The van der Waals surface area contributed by atoms with Gasteiger partial charge in [0.05, 0.1) is 0 Å². The number of benzene rings is 1. The smallest absolute Gasteiger partial charge is 0.0483 e. The van der Waals surface area contributed by atoms with Crippen LogP contribution in [0.4, 0.5) is 5.69 Å². The number of nitrogen functional groups attached to an aromatic ring is 1. The average Bonchev–Trinajstić information content (AvgIpc) is 1.85. The van der Waals surface area contributed by atoms with Crippen molar-refractivity contribution in [2.45, 2.75) is 5.75 Å². The van der Waals surface area contributed by atoms with Crippen LogP contribution in [0, 0.1) is 0 Å². The monoisotopic (exact) mass is 169 g/mol. The highest BCUT2D eigenvalue weighted by Crippen LogP contribution is 2.07. The first-order valence-electron chi connectivity index (χ1n) is 3.33. The van der Waals surface area contributed by atoms with Crippen LogP contribution in [0.5, 0.6) is 0 Å². The van der Waals surface area contributed by atoms with Gasteiger partial charge in [0.15, 0.2) is 0 Å². The van der Waals surface area contributed by atoms with E-state index >= 15 is 0 Å². The molecule has 0 spiro atoms. The van der Waals surface area contributed by atoms with Gasteiger partial charge in [0.1, 0.15) is 0 Å². The third-order valence-electron chi connectivity index (χ3n) is 1.32. The Bertz CT molecular complexity index is 273. The highest BCUT2D eigenvalue weighted by atomic mass is 32.2. The summed E-state index contributed by atoms with van der Waals surface area (Å²) in [5.41, 5.74) is 7.30. The molecule has 0 aliphatic heterocycles. The van der Waals surface area contributed by atoms with Gasteiger partial charge in [-0.1, -0.05) is 12.1 Å². The summed E-state index contributed by atoms with van der Waals surface area (Å²) in [5, 5.41) is 0. The molecule has 11 heavy (non-hydrogen) atoms. The van der Waals surface area contributed by atoms with Crippen molar-refractivity contribution in [3.05, 3.63) is 29.8 Å². The number of hydrogen-bond acceptors (Lipinski definition) is 2. The first-order valence-corrected chi connectivity index (χ1v) is 5.05. The molecule has 0 aliphatic carbocycles. The van der Waals surface area contributed by atoms with Gasteiger partial charge < -0.3 is 5.73 Å². The summed E-state index contributed by atoms with van der Waals surface area (Å²) in [4.78, 5) is 0. The number of rotatable bonds is 2. The maximum atomic E-state index is 10.8. The van der Waals surface area contributed by atoms with Crippen LogP contribution in [0.15, 0.2) is 24.3 Å². The quantitative estimate of drug-likeness (QED) is 0.675. The Hall–Kier alpha value is -0.830. The molecule has 60 valence electrons. The van der Waals surface area contributed by atoms with Gasteiger partial charge in [-0.05, 0) is 17.7 Å². The summed E-state index contributed by atoms with van der Waals surface area (Å²) in [6.07, 6.45) is 1.68. The van der Waals surface area contributed by atoms with E-state index in [1.54, 1.807) is 6.26 Å². The largest absolute Gasteiger partial charge is 0.399 e.